The average molecular weight is 560 g/mol. The van der Waals surface area contributed by atoms with Crippen LogP contribution >= 0.6 is 22.6 Å². The predicted octanol–water partition coefficient (Wildman–Crippen LogP) is 5.35. The zero-order valence-corrected chi connectivity index (χ0v) is 21.6. The third-order valence-electron chi connectivity index (χ3n) is 4.02. The second-order valence-corrected chi connectivity index (χ2v) is 11.5. The summed E-state index contributed by atoms with van der Waals surface area (Å²) < 4.78 is 39.0. The molecular formula is C22H29IN2O5S. The first kappa shape index (κ1) is 25.3. The van der Waals surface area contributed by atoms with Crippen molar-refractivity contribution in [2.24, 2.45) is 0 Å². The Morgan fingerprint density at radius 2 is 1.65 bits per heavy atom. The van der Waals surface area contributed by atoms with Gasteiger partial charge in [-0.15, -0.1) is 0 Å². The van der Waals surface area contributed by atoms with E-state index in [1.807, 2.05) is 34.7 Å². The van der Waals surface area contributed by atoms with E-state index in [1.54, 1.807) is 51.1 Å². The highest BCUT2D eigenvalue weighted by Crippen LogP contribution is 2.34. The maximum Gasteiger partial charge on any atom is 0.407 e. The second-order valence-electron chi connectivity index (χ2n) is 9.06. The number of carbonyl (C=O) groups is 1. The number of carbonyl (C=O) groups excluding carboxylic acids is 1. The van der Waals surface area contributed by atoms with E-state index in [4.69, 9.17) is 8.92 Å². The standard InChI is InChI=1S/C22H29IN2O5S/c1-21(2,3)16-12-15(14-24-20(26)29-22(4,5)6)19(18(23)13-16)30-31(27,28)25-17-10-8-7-9-11-17/h7-13,25H,14H2,1-6H3,(H,24,26). The van der Waals surface area contributed by atoms with E-state index in [9.17, 15) is 13.2 Å². The van der Waals surface area contributed by atoms with Gasteiger partial charge in [-0.1, -0.05) is 39.0 Å². The Bertz CT molecular complexity index is 1030. The zero-order chi connectivity index (χ0) is 23.4. The molecule has 7 nitrogen and oxygen atoms in total. The average Bonchev–Trinajstić information content (AvgIpc) is 2.60. The Balaban J connectivity index is 2.35. The van der Waals surface area contributed by atoms with Crippen molar-refractivity contribution in [3.8, 4) is 5.75 Å². The number of halogens is 1. The summed E-state index contributed by atoms with van der Waals surface area (Å²) in [5.74, 6) is 0.160. The Morgan fingerprint density at radius 3 is 2.19 bits per heavy atom. The molecule has 0 spiro atoms. The molecule has 0 radical (unpaired) electrons. The van der Waals surface area contributed by atoms with Crippen LogP contribution in [0.1, 0.15) is 52.7 Å². The second kappa shape index (κ2) is 9.64. The number of para-hydroxylation sites is 1. The summed E-state index contributed by atoms with van der Waals surface area (Å²) in [4.78, 5) is 12.1. The number of anilines is 1. The highest BCUT2D eigenvalue weighted by molar-refractivity contribution is 14.1. The molecule has 9 heteroatoms. The van der Waals surface area contributed by atoms with Gasteiger partial charge in [-0.25, -0.2) is 4.79 Å². The number of hydrogen-bond donors (Lipinski definition) is 2. The van der Waals surface area contributed by atoms with Crippen LogP contribution < -0.4 is 14.2 Å². The van der Waals surface area contributed by atoms with Gasteiger partial charge in [0.15, 0.2) is 5.75 Å². The van der Waals surface area contributed by atoms with Crippen LogP contribution in [0.15, 0.2) is 42.5 Å². The molecule has 2 rings (SSSR count). The first-order chi connectivity index (χ1) is 14.2. The Kier molecular flexibility index (Phi) is 7.85. The van der Waals surface area contributed by atoms with E-state index >= 15 is 0 Å². The van der Waals surface area contributed by atoms with Crippen molar-refractivity contribution in [2.75, 3.05) is 4.72 Å². The highest BCUT2D eigenvalue weighted by Gasteiger charge is 2.24. The van der Waals surface area contributed by atoms with Crippen molar-refractivity contribution in [3.63, 3.8) is 0 Å². The molecule has 0 atom stereocenters. The van der Waals surface area contributed by atoms with Crippen LogP contribution in [-0.4, -0.2) is 20.1 Å². The molecule has 0 aromatic heterocycles. The molecule has 0 saturated heterocycles. The summed E-state index contributed by atoms with van der Waals surface area (Å²) in [7, 11) is -4.15. The quantitative estimate of drug-likeness (QED) is 0.465. The van der Waals surface area contributed by atoms with Gasteiger partial charge in [-0.2, -0.15) is 8.42 Å². The molecule has 170 valence electrons. The largest absolute Gasteiger partial charge is 0.444 e. The van der Waals surface area contributed by atoms with E-state index in [-0.39, 0.29) is 17.7 Å². The summed E-state index contributed by atoms with van der Waals surface area (Å²) in [6.07, 6.45) is -0.597. The lowest BCUT2D eigenvalue weighted by Gasteiger charge is -2.23. The number of hydrogen-bond acceptors (Lipinski definition) is 5. The number of benzene rings is 2. The summed E-state index contributed by atoms with van der Waals surface area (Å²) >= 11 is 2.04. The summed E-state index contributed by atoms with van der Waals surface area (Å²) in [6.45, 7) is 11.5. The van der Waals surface area contributed by atoms with Crippen molar-refractivity contribution < 1.29 is 22.1 Å². The number of alkyl carbamates (subject to hydrolysis) is 1. The summed E-state index contributed by atoms with van der Waals surface area (Å²) in [5, 5.41) is 2.68. The van der Waals surface area contributed by atoms with Crippen molar-refractivity contribution >= 4 is 44.7 Å². The lowest BCUT2D eigenvalue weighted by molar-refractivity contribution is 0.0523. The smallest absolute Gasteiger partial charge is 0.407 e. The van der Waals surface area contributed by atoms with Crippen LogP contribution in [0.3, 0.4) is 0 Å². The van der Waals surface area contributed by atoms with Crippen LogP contribution in [-0.2, 0) is 27.0 Å². The minimum absolute atomic E-state index is 0.0467. The number of ether oxygens (including phenoxy) is 1. The van der Waals surface area contributed by atoms with E-state index in [0.29, 0.717) is 14.8 Å². The Hall–Kier alpha value is -2.01. The van der Waals surface area contributed by atoms with Crippen LogP contribution in [0, 0.1) is 3.57 Å². The maximum atomic E-state index is 12.6. The van der Waals surface area contributed by atoms with E-state index in [2.05, 4.69) is 30.8 Å². The SMILES string of the molecule is CC(C)(C)OC(=O)NCc1cc(C(C)(C)C)cc(I)c1OS(=O)(=O)Nc1ccccc1. The van der Waals surface area contributed by atoms with Gasteiger partial charge >= 0.3 is 16.4 Å². The molecule has 0 aliphatic heterocycles. The highest BCUT2D eigenvalue weighted by atomic mass is 127. The fraction of sp³-hybridized carbons (Fsp3) is 0.409. The van der Waals surface area contributed by atoms with Crippen molar-refractivity contribution in [1.82, 2.24) is 5.32 Å². The number of rotatable bonds is 6. The minimum Gasteiger partial charge on any atom is -0.444 e. The minimum atomic E-state index is -4.15. The van der Waals surface area contributed by atoms with Gasteiger partial charge in [0, 0.05) is 12.1 Å². The molecule has 0 heterocycles. The lowest BCUT2D eigenvalue weighted by Crippen LogP contribution is -2.32. The topological polar surface area (TPSA) is 93.7 Å². The molecule has 0 bridgehead atoms. The Morgan fingerprint density at radius 1 is 1.03 bits per heavy atom. The van der Waals surface area contributed by atoms with E-state index < -0.39 is 22.0 Å². The molecule has 0 aliphatic rings. The van der Waals surface area contributed by atoms with Crippen LogP contribution in [0.25, 0.3) is 0 Å². The van der Waals surface area contributed by atoms with Gasteiger partial charge in [0.05, 0.1) is 9.26 Å². The molecule has 2 N–H and O–H groups in total. The third kappa shape index (κ3) is 8.21. The molecule has 2 aromatic rings. The molecule has 0 aliphatic carbocycles. The Labute approximate surface area is 198 Å². The summed E-state index contributed by atoms with van der Waals surface area (Å²) in [5.41, 5.74) is 1.07. The monoisotopic (exact) mass is 560 g/mol. The van der Waals surface area contributed by atoms with Crippen molar-refractivity contribution in [2.45, 2.75) is 59.1 Å². The van der Waals surface area contributed by atoms with Crippen LogP contribution in [0.2, 0.25) is 0 Å². The van der Waals surface area contributed by atoms with E-state index in [0.717, 1.165) is 5.56 Å². The first-order valence-corrected chi connectivity index (χ1v) is 12.2. The summed E-state index contributed by atoms with van der Waals surface area (Å²) in [6, 6.07) is 12.2. The fourth-order valence-electron chi connectivity index (χ4n) is 2.57. The van der Waals surface area contributed by atoms with Gasteiger partial charge < -0.3 is 14.2 Å². The predicted molar refractivity (Wildman–Crippen MR) is 131 cm³/mol. The zero-order valence-electron chi connectivity index (χ0n) is 18.6. The molecule has 0 fully saturated rings. The molecule has 0 unspecified atom stereocenters. The maximum absolute atomic E-state index is 12.6. The fourth-order valence-corrected chi connectivity index (χ4v) is 4.39. The molecule has 0 saturated carbocycles. The molecule has 1 amide bonds. The number of nitrogens with one attached hydrogen (secondary N) is 2. The van der Waals surface area contributed by atoms with Crippen molar-refractivity contribution in [1.29, 1.82) is 0 Å². The molecule has 31 heavy (non-hydrogen) atoms. The normalized spacial score (nSPS) is 12.2. The van der Waals surface area contributed by atoms with Crippen molar-refractivity contribution in [3.05, 3.63) is 57.2 Å². The third-order valence-corrected chi connectivity index (χ3v) is 5.69. The van der Waals surface area contributed by atoms with Gasteiger partial charge in [0.25, 0.3) is 0 Å². The van der Waals surface area contributed by atoms with Crippen LogP contribution in [0.5, 0.6) is 5.75 Å². The van der Waals surface area contributed by atoms with Gasteiger partial charge in [-0.05, 0) is 78.6 Å². The van der Waals surface area contributed by atoms with Gasteiger partial charge in [-0.3, -0.25) is 4.72 Å². The lowest BCUT2D eigenvalue weighted by atomic mass is 9.86. The molecule has 2 aromatic carbocycles. The van der Waals surface area contributed by atoms with E-state index in [1.165, 1.54) is 0 Å². The number of amides is 1. The first-order valence-electron chi connectivity index (χ1n) is 9.73. The van der Waals surface area contributed by atoms with Crippen LogP contribution in [0.4, 0.5) is 10.5 Å². The molecular weight excluding hydrogens is 531 g/mol. The van der Waals surface area contributed by atoms with Gasteiger partial charge in [0.2, 0.25) is 0 Å². The van der Waals surface area contributed by atoms with Gasteiger partial charge in [0.1, 0.15) is 5.60 Å².